The molecule has 1 atom stereocenters. The molecule has 0 spiro atoms. The van der Waals surface area contributed by atoms with E-state index in [1.165, 1.54) is 0 Å². The smallest absolute Gasteiger partial charge is 0.227 e. The number of nitrogens with one attached hydrogen (secondary N) is 1. The van der Waals surface area contributed by atoms with Gasteiger partial charge in [0.05, 0.1) is 23.8 Å². The van der Waals surface area contributed by atoms with Crippen LogP contribution in [0.2, 0.25) is 0 Å². The molecule has 0 saturated carbocycles. The third-order valence-electron chi connectivity index (χ3n) is 4.44. The van der Waals surface area contributed by atoms with Gasteiger partial charge in [0.1, 0.15) is 0 Å². The van der Waals surface area contributed by atoms with Crippen LogP contribution in [0.5, 0.6) is 0 Å². The highest BCUT2D eigenvalue weighted by Gasteiger charge is 2.31. The van der Waals surface area contributed by atoms with Crippen LogP contribution in [-0.2, 0) is 11.2 Å². The van der Waals surface area contributed by atoms with Crippen molar-refractivity contribution in [1.29, 1.82) is 0 Å². The second kappa shape index (κ2) is 6.71. The van der Waals surface area contributed by atoms with Crippen LogP contribution in [0.1, 0.15) is 39.3 Å². The molecule has 0 bridgehead atoms. The number of hydrogen-bond acceptors (Lipinski definition) is 4. The van der Waals surface area contributed by atoms with Gasteiger partial charge in [-0.2, -0.15) is 5.10 Å². The Balaban J connectivity index is 1.62. The highest BCUT2D eigenvalue weighted by atomic mass is 16.2. The van der Waals surface area contributed by atoms with Crippen LogP contribution in [0, 0.1) is 11.3 Å². The van der Waals surface area contributed by atoms with Crippen molar-refractivity contribution < 1.29 is 4.79 Å². The largest absolute Gasteiger partial charge is 0.342 e. The number of carbonyl (C=O) groups excluding carboxylic acids is 1. The number of amides is 1. The van der Waals surface area contributed by atoms with Crippen LogP contribution >= 0.6 is 0 Å². The lowest BCUT2D eigenvalue weighted by molar-refractivity contribution is -0.141. The van der Waals surface area contributed by atoms with Crippen molar-refractivity contribution in [2.24, 2.45) is 11.3 Å². The molecule has 24 heavy (non-hydrogen) atoms. The third kappa shape index (κ3) is 3.80. The van der Waals surface area contributed by atoms with E-state index in [0.29, 0.717) is 5.92 Å². The summed E-state index contributed by atoms with van der Waals surface area (Å²) in [6.07, 6.45) is 10.2. The van der Waals surface area contributed by atoms with Crippen molar-refractivity contribution >= 4 is 5.91 Å². The number of piperidine rings is 1. The molecule has 6 heteroatoms. The number of rotatable bonds is 3. The molecule has 1 N–H and O–H groups in total. The zero-order chi connectivity index (χ0) is 17.2. The number of hydrogen-bond donors (Lipinski definition) is 1. The van der Waals surface area contributed by atoms with Gasteiger partial charge >= 0.3 is 0 Å². The van der Waals surface area contributed by atoms with E-state index in [1.54, 1.807) is 18.6 Å². The molecule has 1 aliphatic heterocycles. The van der Waals surface area contributed by atoms with E-state index in [0.717, 1.165) is 49.3 Å². The number of nitrogens with zero attached hydrogens (tertiary/aromatic N) is 4. The Labute approximate surface area is 142 Å². The molecule has 2 aromatic heterocycles. The van der Waals surface area contributed by atoms with Gasteiger partial charge < -0.3 is 4.90 Å². The van der Waals surface area contributed by atoms with Gasteiger partial charge in [-0.15, -0.1) is 0 Å². The summed E-state index contributed by atoms with van der Waals surface area (Å²) >= 11 is 0. The molecule has 1 saturated heterocycles. The Morgan fingerprint density at radius 3 is 2.75 bits per heavy atom. The predicted octanol–water partition coefficient (Wildman–Crippen LogP) is 2.69. The van der Waals surface area contributed by atoms with E-state index in [1.807, 2.05) is 31.9 Å². The number of aromatic nitrogens is 4. The maximum absolute atomic E-state index is 12.5. The molecule has 0 unspecified atom stereocenters. The van der Waals surface area contributed by atoms with Gasteiger partial charge in [0.15, 0.2) is 0 Å². The lowest BCUT2D eigenvalue weighted by atomic mass is 9.89. The quantitative estimate of drug-likeness (QED) is 0.940. The molecular weight excluding hydrogens is 302 g/mol. The summed E-state index contributed by atoms with van der Waals surface area (Å²) in [4.78, 5) is 23.5. The molecule has 1 amide bonds. The first kappa shape index (κ1) is 16.6. The molecule has 128 valence electrons. The van der Waals surface area contributed by atoms with E-state index in [9.17, 15) is 4.79 Å². The number of likely N-dealkylation sites (tertiary alicyclic amines) is 1. The van der Waals surface area contributed by atoms with Crippen LogP contribution in [0.4, 0.5) is 0 Å². The summed E-state index contributed by atoms with van der Waals surface area (Å²) in [7, 11) is 0. The summed E-state index contributed by atoms with van der Waals surface area (Å²) < 4.78 is 0. The maximum atomic E-state index is 12.5. The minimum Gasteiger partial charge on any atom is -0.342 e. The molecule has 0 aromatic carbocycles. The highest BCUT2D eigenvalue weighted by Crippen LogP contribution is 2.25. The van der Waals surface area contributed by atoms with Gasteiger partial charge in [-0.05, 0) is 25.2 Å². The Hall–Kier alpha value is -2.24. The highest BCUT2D eigenvalue weighted by molar-refractivity contribution is 5.81. The predicted molar refractivity (Wildman–Crippen MR) is 92.1 cm³/mol. The first-order chi connectivity index (χ1) is 11.4. The molecule has 3 rings (SSSR count). The molecule has 6 nitrogen and oxygen atoms in total. The Morgan fingerprint density at radius 2 is 2.12 bits per heavy atom. The molecule has 3 heterocycles. The normalized spacial score (nSPS) is 18.6. The Bertz CT molecular complexity index is 672. The maximum Gasteiger partial charge on any atom is 0.227 e. The van der Waals surface area contributed by atoms with Crippen LogP contribution in [0.15, 0.2) is 24.8 Å². The minimum atomic E-state index is -0.312. The van der Waals surface area contributed by atoms with Crippen molar-refractivity contribution in [3.8, 4) is 11.3 Å². The summed E-state index contributed by atoms with van der Waals surface area (Å²) in [5.41, 5.74) is 2.43. The van der Waals surface area contributed by atoms with Crippen molar-refractivity contribution in [2.75, 3.05) is 13.1 Å². The summed E-state index contributed by atoms with van der Waals surface area (Å²) in [5, 5.41) is 6.71. The SMILES string of the molecule is CC(C)(C)C(=O)N1CCC[C@@H](Cc2cnc(-c3cn[nH]c3)cn2)C1. The van der Waals surface area contributed by atoms with Gasteiger partial charge in [0.25, 0.3) is 0 Å². The molecule has 0 radical (unpaired) electrons. The number of aromatic amines is 1. The molecule has 1 aliphatic rings. The molecule has 0 aliphatic carbocycles. The lowest BCUT2D eigenvalue weighted by Crippen LogP contribution is -2.45. The minimum absolute atomic E-state index is 0.244. The van der Waals surface area contributed by atoms with Gasteiger partial charge in [-0.25, -0.2) is 0 Å². The average molecular weight is 327 g/mol. The van der Waals surface area contributed by atoms with Crippen LogP contribution in [-0.4, -0.2) is 44.1 Å². The van der Waals surface area contributed by atoms with E-state index < -0.39 is 0 Å². The fourth-order valence-electron chi connectivity index (χ4n) is 3.19. The Morgan fingerprint density at radius 1 is 1.29 bits per heavy atom. The van der Waals surface area contributed by atoms with Crippen LogP contribution < -0.4 is 0 Å². The van der Waals surface area contributed by atoms with E-state index in [4.69, 9.17) is 0 Å². The van der Waals surface area contributed by atoms with Crippen LogP contribution in [0.3, 0.4) is 0 Å². The zero-order valence-corrected chi connectivity index (χ0v) is 14.6. The summed E-state index contributed by atoms with van der Waals surface area (Å²) in [6.45, 7) is 7.65. The van der Waals surface area contributed by atoms with Gasteiger partial charge in [0.2, 0.25) is 5.91 Å². The fraction of sp³-hybridized carbons (Fsp3) is 0.556. The first-order valence-electron chi connectivity index (χ1n) is 8.53. The lowest BCUT2D eigenvalue weighted by Gasteiger charge is -2.36. The fourth-order valence-corrected chi connectivity index (χ4v) is 3.19. The monoisotopic (exact) mass is 327 g/mol. The van der Waals surface area contributed by atoms with Crippen molar-refractivity contribution in [1.82, 2.24) is 25.1 Å². The van der Waals surface area contributed by atoms with Crippen molar-refractivity contribution in [2.45, 2.75) is 40.0 Å². The number of carbonyl (C=O) groups is 1. The van der Waals surface area contributed by atoms with Crippen molar-refractivity contribution in [3.63, 3.8) is 0 Å². The Kier molecular flexibility index (Phi) is 4.64. The van der Waals surface area contributed by atoms with Gasteiger partial charge in [0, 0.05) is 36.5 Å². The molecule has 2 aromatic rings. The molecular formula is C18H25N5O. The number of H-pyrrole nitrogens is 1. The standard InChI is InChI=1S/C18H25N5O/c1-18(2,3)17(24)23-6-4-5-13(12-23)7-15-10-20-16(11-19-15)14-8-21-22-9-14/h8-11,13H,4-7,12H2,1-3H3,(H,21,22)/t13-/m0/s1. The zero-order valence-electron chi connectivity index (χ0n) is 14.6. The second-order valence-electron chi connectivity index (χ2n) is 7.59. The van der Waals surface area contributed by atoms with E-state index >= 15 is 0 Å². The van der Waals surface area contributed by atoms with E-state index in [-0.39, 0.29) is 11.3 Å². The molecule has 1 fully saturated rings. The second-order valence-corrected chi connectivity index (χ2v) is 7.59. The summed E-state index contributed by atoms with van der Waals surface area (Å²) in [5.74, 6) is 0.702. The van der Waals surface area contributed by atoms with Gasteiger partial charge in [-0.1, -0.05) is 20.8 Å². The van der Waals surface area contributed by atoms with Crippen molar-refractivity contribution in [3.05, 3.63) is 30.5 Å². The summed E-state index contributed by atoms with van der Waals surface area (Å²) in [6, 6.07) is 0. The third-order valence-corrected chi connectivity index (χ3v) is 4.44. The van der Waals surface area contributed by atoms with Crippen LogP contribution in [0.25, 0.3) is 11.3 Å². The first-order valence-corrected chi connectivity index (χ1v) is 8.53. The van der Waals surface area contributed by atoms with Gasteiger partial charge in [-0.3, -0.25) is 19.9 Å². The van der Waals surface area contributed by atoms with E-state index in [2.05, 4.69) is 20.2 Å². The topological polar surface area (TPSA) is 74.8 Å². The average Bonchev–Trinajstić information content (AvgIpc) is 3.09.